The monoisotopic (exact) mass is 495 g/mol. The normalized spacial score (nSPS) is 13.6. The predicted molar refractivity (Wildman–Crippen MR) is 138 cm³/mol. The maximum Gasteiger partial charge on any atom is 0.251 e. The Kier molecular flexibility index (Phi) is 7.76. The van der Waals surface area contributed by atoms with Gasteiger partial charge in [0.05, 0.1) is 6.42 Å². The number of piperazine rings is 1. The maximum atomic E-state index is 12.8. The first-order chi connectivity index (χ1) is 16.4. The summed E-state index contributed by atoms with van der Waals surface area (Å²) in [6.45, 7) is 5.23. The van der Waals surface area contributed by atoms with Crippen LogP contribution in [0.1, 0.15) is 27.0 Å². The molecule has 7 heteroatoms. The molecular weight excluding hydrogens is 469 g/mol. The third-order valence-electron chi connectivity index (χ3n) is 6.09. The molecule has 1 heterocycles. The predicted octanol–water partition coefficient (Wildman–Crippen LogP) is 5.12. The van der Waals surface area contributed by atoms with Crippen LogP contribution in [-0.4, -0.2) is 42.9 Å². The number of amides is 2. The van der Waals surface area contributed by atoms with E-state index in [2.05, 4.69) is 10.2 Å². The number of benzene rings is 3. The van der Waals surface area contributed by atoms with E-state index in [1.807, 2.05) is 60.4 Å². The van der Waals surface area contributed by atoms with Crippen molar-refractivity contribution >= 4 is 40.7 Å². The molecule has 0 unspecified atom stereocenters. The fourth-order valence-electron chi connectivity index (χ4n) is 3.99. The molecule has 0 aromatic heterocycles. The molecule has 0 saturated carbocycles. The molecular formula is C27H27Cl2N3O2. The van der Waals surface area contributed by atoms with Gasteiger partial charge in [-0.3, -0.25) is 9.59 Å². The summed E-state index contributed by atoms with van der Waals surface area (Å²) >= 11 is 12.4. The molecule has 0 atom stereocenters. The van der Waals surface area contributed by atoms with Crippen molar-refractivity contribution in [3.05, 3.63) is 99.0 Å². The second-order valence-electron chi connectivity index (χ2n) is 8.46. The highest BCUT2D eigenvalue weighted by molar-refractivity contribution is 6.36. The van der Waals surface area contributed by atoms with Crippen LogP contribution in [0.4, 0.5) is 5.69 Å². The molecule has 1 N–H and O–H groups in total. The Bertz CT molecular complexity index is 1140. The van der Waals surface area contributed by atoms with Crippen molar-refractivity contribution in [3.63, 3.8) is 0 Å². The number of rotatable bonds is 6. The van der Waals surface area contributed by atoms with Gasteiger partial charge >= 0.3 is 0 Å². The first-order valence-electron chi connectivity index (χ1n) is 11.3. The highest BCUT2D eigenvalue weighted by Crippen LogP contribution is 2.25. The van der Waals surface area contributed by atoms with Crippen LogP contribution in [0.3, 0.4) is 0 Å². The molecule has 34 heavy (non-hydrogen) atoms. The van der Waals surface area contributed by atoms with E-state index in [4.69, 9.17) is 23.2 Å². The van der Waals surface area contributed by atoms with Gasteiger partial charge < -0.3 is 15.1 Å². The van der Waals surface area contributed by atoms with E-state index >= 15 is 0 Å². The molecule has 1 fully saturated rings. The third kappa shape index (κ3) is 5.91. The van der Waals surface area contributed by atoms with Crippen molar-refractivity contribution in [1.29, 1.82) is 0 Å². The lowest BCUT2D eigenvalue weighted by atomic mass is 10.1. The summed E-state index contributed by atoms with van der Waals surface area (Å²) < 4.78 is 0. The first-order valence-corrected chi connectivity index (χ1v) is 12.1. The topological polar surface area (TPSA) is 52.7 Å². The fourth-order valence-corrected chi connectivity index (χ4v) is 4.52. The minimum absolute atomic E-state index is 0.0234. The smallest absolute Gasteiger partial charge is 0.251 e. The number of carbonyl (C=O) groups is 2. The van der Waals surface area contributed by atoms with Gasteiger partial charge in [0.25, 0.3) is 5.91 Å². The zero-order valence-electron chi connectivity index (χ0n) is 19.1. The second-order valence-corrected chi connectivity index (χ2v) is 9.27. The Labute approximate surface area is 210 Å². The molecule has 0 spiro atoms. The van der Waals surface area contributed by atoms with E-state index in [9.17, 15) is 9.59 Å². The second kappa shape index (κ2) is 10.9. The number of carbonyl (C=O) groups excluding carboxylic acids is 2. The lowest BCUT2D eigenvalue weighted by Crippen LogP contribution is -2.49. The van der Waals surface area contributed by atoms with Crippen molar-refractivity contribution in [1.82, 2.24) is 10.2 Å². The summed E-state index contributed by atoms with van der Waals surface area (Å²) in [6.07, 6.45) is 0.199. The number of aryl methyl sites for hydroxylation is 1. The Hall–Kier alpha value is -3.02. The molecule has 4 rings (SSSR count). The maximum absolute atomic E-state index is 12.8. The number of hydrogen-bond donors (Lipinski definition) is 1. The van der Waals surface area contributed by atoms with Gasteiger partial charge in [-0.2, -0.15) is 0 Å². The summed E-state index contributed by atoms with van der Waals surface area (Å²) in [7, 11) is 0. The average Bonchev–Trinajstić information content (AvgIpc) is 2.86. The van der Waals surface area contributed by atoms with Gasteiger partial charge in [-0.25, -0.2) is 0 Å². The van der Waals surface area contributed by atoms with Crippen LogP contribution in [0.25, 0.3) is 0 Å². The molecule has 0 aliphatic carbocycles. The summed E-state index contributed by atoms with van der Waals surface area (Å²) in [5.41, 5.74) is 4.60. The van der Waals surface area contributed by atoms with Crippen molar-refractivity contribution in [2.75, 3.05) is 31.1 Å². The largest absolute Gasteiger partial charge is 0.368 e. The van der Waals surface area contributed by atoms with Crippen LogP contribution in [-0.2, 0) is 17.8 Å². The van der Waals surface area contributed by atoms with Gasteiger partial charge in [-0.05, 0) is 54.4 Å². The van der Waals surface area contributed by atoms with Crippen LogP contribution in [0.5, 0.6) is 0 Å². The Balaban J connectivity index is 1.28. The fraction of sp³-hybridized carbons (Fsp3) is 0.259. The minimum Gasteiger partial charge on any atom is -0.368 e. The number of anilines is 1. The lowest BCUT2D eigenvalue weighted by molar-refractivity contribution is -0.130. The molecule has 0 bridgehead atoms. The van der Waals surface area contributed by atoms with E-state index < -0.39 is 0 Å². The van der Waals surface area contributed by atoms with E-state index in [-0.39, 0.29) is 18.2 Å². The summed E-state index contributed by atoms with van der Waals surface area (Å²) in [5, 5.41) is 4.00. The molecule has 2 amide bonds. The quantitative estimate of drug-likeness (QED) is 0.515. The molecule has 1 saturated heterocycles. The van der Waals surface area contributed by atoms with Crippen LogP contribution < -0.4 is 10.2 Å². The number of halogens is 2. The SMILES string of the molecule is Cc1ccc(CNC(=O)c2ccc(N3CCN(C(=O)Cc4c(Cl)cccc4Cl)CC3)cc2)cc1. The van der Waals surface area contributed by atoms with E-state index in [1.54, 1.807) is 18.2 Å². The van der Waals surface area contributed by atoms with E-state index in [1.165, 1.54) is 5.56 Å². The van der Waals surface area contributed by atoms with Crippen molar-refractivity contribution in [3.8, 4) is 0 Å². The standard InChI is InChI=1S/C27H27Cl2N3O2/c1-19-5-7-20(8-6-19)18-30-27(34)21-9-11-22(12-10-21)31-13-15-32(16-14-31)26(33)17-23-24(28)3-2-4-25(23)29/h2-12H,13-18H2,1H3,(H,30,34). The van der Waals surface area contributed by atoms with Crippen LogP contribution in [0.2, 0.25) is 10.0 Å². The third-order valence-corrected chi connectivity index (χ3v) is 6.80. The number of nitrogens with one attached hydrogen (secondary N) is 1. The molecule has 3 aromatic carbocycles. The van der Waals surface area contributed by atoms with Gasteiger partial charge in [0.1, 0.15) is 0 Å². The van der Waals surface area contributed by atoms with Crippen LogP contribution in [0, 0.1) is 6.92 Å². The molecule has 0 radical (unpaired) electrons. The van der Waals surface area contributed by atoms with Crippen molar-refractivity contribution in [2.24, 2.45) is 0 Å². The van der Waals surface area contributed by atoms with Gasteiger partial charge in [-0.15, -0.1) is 0 Å². The van der Waals surface area contributed by atoms with Gasteiger partial charge in [0.2, 0.25) is 5.91 Å². The van der Waals surface area contributed by atoms with Crippen LogP contribution in [0.15, 0.2) is 66.7 Å². The lowest BCUT2D eigenvalue weighted by Gasteiger charge is -2.36. The average molecular weight is 496 g/mol. The zero-order valence-corrected chi connectivity index (χ0v) is 20.6. The number of nitrogens with zero attached hydrogens (tertiary/aromatic N) is 2. The Morgan fingerprint density at radius 2 is 1.47 bits per heavy atom. The molecule has 3 aromatic rings. The van der Waals surface area contributed by atoms with Gasteiger partial charge in [0.15, 0.2) is 0 Å². The minimum atomic E-state index is -0.0965. The summed E-state index contributed by atoms with van der Waals surface area (Å²) in [5.74, 6) is -0.0731. The molecule has 5 nitrogen and oxygen atoms in total. The Morgan fingerprint density at radius 3 is 2.09 bits per heavy atom. The van der Waals surface area contributed by atoms with Crippen LogP contribution >= 0.6 is 23.2 Å². The number of hydrogen-bond acceptors (Lipinski definition) is 3. The highest BCUT2D eigenvalue weighted by Gasteiger charge is 2.23. The van der Waals surface area contributed by atoms with Crippen molar-refractivity contribution in [2.45, 2.75) is 19.9 Å². The molecule has 176 valence electrons. The van der Waals surface area contributed by atoms with Gasteiger partial charge in [-0.1, -0.05) is 59.1 Å². The zero-order chi connectivity index (χ0) is 24.1. The summed E-state index contributed by atoms with van der Waals surface area (Å²) in [4.78, 5) is 29.3. The highest BCUT2D eigenvalue weighted by atomic mass is 35.5. The van der Waals surface area contributed by atoms with Crippen molar-refractivity contribution < 1.29 is 9.59 Å². The molecule has 1 aliphatic rings. The van der Waals surface area contributed by atoms with E-state index in [0.29, 0.717) is 40.8 Å². The summed E-state index contributed by atoms with van der Waals surface area (Å²) in [6, 6.07) is 21.0. The molecule has 1 aliphatic heterocycles. The Morgan fingerprint density at radius 1 is 0.853 bits per heavy atom. The van der Waals surface area contributed by atoms with E-state index in [0.717, 1.165) is 24.3 Å². The van der Waals surface area contributed by atoms with Gasteiger partial charge in [0, 0.05) is 54.0 Å². The first kappa shape index (κ1) is 24.1.